The number of halogens is 1. The summed E-state index contributed by atoms with van der Waals surface area (Å²) in [5, 5.41) is 62.2. The second kappa shape index (κ2) is 12.0. The summed E-state index contributed by atoms with van der Waals surface area (Å²) >= 11 is 0. The molecule has 1 aromatic rings. The van der Waals surface area contributed by atoms with Gasteiger partial charge in [-0.1, -0.05) is 0 Å². The maximum absolute atomic E-state index is 11.5. The Bertz CT molecular complexity index is 662. The zero-order chi connectivity index (χ0) is 20.7. The lowest BCUT2D eigenvalue weighted by atomic mass is 10.1. The lowest BCUT2D eigenvalue weighted by molar-refractivity contribution is -0.127. The predicted molar refractivity (Wildman–Crippen MR) is 94.3 cm³/mol. The average Bonchev–Trinajstić information content (AvgIpc) is 2.94. The molecule has 2 heterocycles. The van der Waals surface area contributed by atoms with E-state index in [9.17, 15) is 19.8 Å². The van der Waals surface area contributed by atoms with Gasteiger partial charge in [0.05, 0.1) is 13.2 Å². The van der Waals surface area contributed by atoms with Gasteiger partial charge >= 0.3 is 5.69 Å². The number of rotatable bonds is 6. The standard InChI is InChI=1S/C9H13N3O5.C5H10O5.ClH/c10-5-1-2-12(9(16)11-5)8-7(15)6(14)4(3-13)17-8;6-1-3(8)5(10)4(9)2-7;/h1-2,4,6-8,13-15H,3H2,(H2,10,11,16);1,3-5,7-10H,2H2;1H/t4-,6-,7-,8-;;/m1../s1. The first-order valence-electron chi connectivity index (χ1n) is 7.75. The summed E-state index contributed by atoms with van der Waals surface area (Å²) in [5.41, 5.74) is 4.63. The van der Waals surface area contributed by atoms with Gasteiger partial charge < -0.3 is 51.0 Å². The number of hydrogen-bond acceptors (Lipinski definition) is 12. The molecule has 14 heteroatoms. The van der Waals surface area contributed by atoms with E-state index in [0.717, 1.165) is 4.57 Å². The molecular weight excluding hydrogens is 406 g/mol. The van der Waals surface area contributed by atoms with Crippen molar-refractivity contribution >= 4 is 24.5 Å². The van der Waals surface area contributed by atoms with Crippen molar-refractivity contribution in [1.82, 2.24) is 9.55 Å². The van der Waals surface area contributed by atoms with Crippen molar-refractivity contribution in [1.29, 1.82) is 0 Å². The minimum Gasteiger partial charge on any atom is -0.394 e. The molecule has 1 aromatic heterocycles. The number of carbonyl (C=O) groups excluding carboxylic acids is 1. The van der Waals surface area contributed by atoms with Crippen molar-refractivity contribution < 1.29 is 45.3 Å². The summed E-state index contributed by atoms with van der Waals surface area (Å²) in [6.07, 6.45) is -7.90. The van der Waals surface area contributed by atoms with Crippen molar-refractivity contribution in [3.8, 4) is 0 Å². The fourth-order valence-electron chi connectivity index (χ4n) is 2.15. The van der Waals surface area contributed by atoms with Gasteiger partial charge in [0.25, 0.3) is 0 Å². The average molecular weight is 430 g/mol. The third-order valence-corrected chi connectivity index (χ3v) is 3.71. The van der Waals surface area contributed by atoms with Crippen molar-refractivity contribution in [2.45, 2.75) is 42.9 Å². The highest BCUT2D eigenvalue weighted by Gasteiger charge is 2.43. The number of hydrogen-bond donors (Lipinski definition) is 8. The van der Waals surface area contributed by atoms with Gasteiger partial charge in [-0.25, -0.2) is 4.79 Å². The lowest BCUT2D eigenvalue weighted by Crippen LogP contribution is -2.40. The van der Waals surface area contributed by atoms with Crippen molar-refractivity contribution in [2.24, 2.45) is 0 Å². The Hall–Kier alpha value is -1.68. The number of nitrogen functional groups attached to an aromatic ring is 1. The topological polar surface area (TPSA) is 229 Å². The van der Waals surface area contributed by atoms with Crippen molar-refractivity contribution in [2.75, 3.05) is 18.9 Å². The second-order valence-corrected chi connectivity index (χ2v) is 5.64. The fourth-order valence-corrected chi connectivity index (χ4v) is 2.15. The van der Waals surface area contributed by atoms with E-state index in [-0.39, 0.29) is 24.5 Å². The largest absolute Gasteiger partial charge is 0.394 e. The molecule has 0 amide bonds. The number of carbonyl (C=O) groups is 1. The first-order chi connectivity index (χ1) is 12.7. The van der Waals surface area contributed by atoms with E-state index in [2.05, 4.69) is 4.98 Å². The second-order valence-electron chi connectivity index (χ2n) is 5.64. The molecule has 1 fully saturated rings. The smallest absolute Gasteiger partial charge is 0.351 e. The van der Waals surface area contributed by atoms with Gasteiger partial charge in [0.15, 0.2) is 12.5 Å². The van der Waals surface area contributed by atoms with Crippen LogP contribution in [0.3, 0.4) is 0 Å². The molecule has 0 bridgehead atoms. The molecule has 28 heavy (non-hydrogen) atoms. The van der Waals surface area contributed by atoms with Crippen molar-refractivity contribution in [3.63, 3.8) is 0 Å². The van der Waals surface area contributed by atoms with Crippen LogP contribution in [-0.2, 0) is 9.53 Å². The van der Waals surface area contributed by atoms with Gasteiger partial charge in [-0.05, 0) is 6.07 Å². The Morgan fingerprint density at radius 3 is 2.29 bits per heavy atom. The molecule has 0 aromatic carbocycles. The van der Waals surface area contributed by atoms with Crippen LogP contribution in [0.25, 0.3) is 0 Å². The number of nitrogens with zero attached hydrogens (tertiary/aromatic N) is 2. The quantitative estimate of drug-likeness (QED) is 0.199. The highest BCUT2D eigenvalue weighted by Crippen LogP contribution is 2.27. The number of ether oxygens (including phenoxy) is 1. The molecule has 0 aliphatic carbocycles. The van der Waals surface area contributed by atoms with Gasteiger partial charge in [0.2, 0.25) is 0 Å². The van der Waals surface area contributed by atoms with Crippen LogP contribution >= 0.6 is 12.4 Å². The Kier molecular flexibility index (Phi) is 11.3. The van der Waals surface area contributed by atoms with Crippen LogP contribution in [0.2, 0.25) is 0 Å². The number of aliphatic hydroxyl groups is 7. The maximum atomic E-state index is 11.5. The van der Waals surface area contributed by atoms with Crippen LogP contribution in [0, 0.1) is 0 Å². The summed E-state index contributed by atoms with van der Waals surface area (Å²) in [6.45, 7) is -1.14. The molecular formula is C14H24ClN3O10. The number of aliphatic hydroxyl groups excluding tert-OH is 7. The Balaban J connectivity index is 0.000000577. The minimum absolute atomic E-state index is 0. The molecule has 9 N–H and O–H groups in total. The zero-order valence-electron chi connectivity index (χ0n) is 14.4. The fraction of sp³-hybridized carbons (Fsp3) is 0.643. The normalized spacial score (nSPS) is 27.0. The lowest BCUT2D eigenvalue weighted by Gasteiger charge is -2.16. The molecule has 0 radical (unpaired) electrons. The van der Waals surface area contributed by atoms with E-state index >= 15 is 0 Å². The van der Waals surface area contributed by atoms with Crippen LogP contribution < -0.4 is 11.4 Å². The third kappa shape index (κ3) is 6.44. The highest BCUT2D eigenvalue weighted by atomic mass is 35.5. The van der Waals surface area contributed by atoms with Gasteiger partial charge in [-0.15, -0.1) is 12.4 Å². The molecule has 13 nitrogen and oxygen atoms in total. The number of aldehydes is 1. The van der Waals surface area contributed by atoms with Gasteiger partial charge in [0.1, 0.15) is 42.4 Å². The van der Waals surface area contributed by atoms with E-state index in [0.29, 0.717) is 0 Å². The molecule has 162 valence electrons. The molecule has 7 atom stereocenters. The van der Waals surface area contributed by atoms with E-state index in [1.54, 1.807) is 0 Å². The highest BCUT2D eigenvalue weighted by molar-refractivity contribution is 5.85. The summed E-state index contributed by atoms with van der Waals surface area (Å²) in [5.74, 6) is 0.0537. The van der Waals surface area contributed by atoms with Crippen LogP contribution in [0.15, 0.2) is 17.1 Å². The van der Waals surface area contributed by atoms with E-state index in [1.807, 2.05) is 0 Å². The zero-order valence-corrected chi connectivity index (χ0v) is 15.2. The Morgan fingerprint density at radius 1 is 1.25 bits per heavy atom. The number of nitrogens with two attached hydrogens (primary N) is 1. The number of aromatic nitrogens is 2. The minimum atomic E-state index is -1.64. The molecule has 3 unspecified atom stereocenters. The summed E-state index contributed by atoms with van der Waals surface area (Å²) in [4.78, 5) is 24.8. The summed E-state index contributed by atoms with van der Waals surface area (Å²) in [6, 6.07) is 1.37. The van der Waals surface area contributed by atoms with Crippen LogP contribution in [0.4, 0.5) is 5.82 Å². The molecule has 1 saturated heterocycles. The van der Waals surface area contributed by atoms with Gasteiger partial charge in [-0.3, -0.25) is 4.57 Å². The molecule has 0 saturated carbocycles. The van der Waals surface area contributed by atoms with Crippen molar-refractivity contribution in [3.05, 3.63) is 22.7 Å². The first-order valence-corrected chi connectivity index (χ1v) is 7.75. The first kappa shape index (κ1) is 26.3. The third-order valence-electron chi connectivity index (χ3n) is 3.71. The van der Waals surface area contributed by atoms with Crippen LogP contribution in [0.1, 0.15) is 6.23 Å². The van der Waals surface area contributed by atoms with Gasteiger partial charge in [-0.2, -0.15) is 4.98 Å². The van der Waals surface area contributed by atoms with Crippen LogP contribution in [0.5, 0.6) is 0 Å². The SMILES string of the molecule is Cl.Nc1ccn([C@@H]2O[C@H](CO)[C@@H](O)[C@H]2O)c(=O)n1.O=CC(O)C(O)C(O)CO. The van der Waals surface area contributed by atoms with Gasteiger partial charge in [0, 0.05) is 6.20 Å². The van der Waals surface area contributed by atoms with E-state index in [1.165, 1.54) is 12.3 Å². The van der Waals surface area contributed by atoms with E-state index < -0.39 is 61.8 Å². The summed E-state index contributed by atoms with van der Waals surface area (Å²) < 4.78 is 6.19. The maximum Gasteiger partial charge on any atom is 0.351 e. The molecule has 1 aliphatic heterocycles. The Morgan fingerprint density at radius 2 is 1.86 bits per heavy atom. The molecule has 0 spiro atoms. The molecule has 1 aliphatic rings. The van der Waals surface area contributed by atoms with E-state index in [4.69, 9.17) is 36.0 Å². The Labute approximate surface area is 164 Å². The van der Waals surface area contributed by atoms with Crippen LogP contribution in [-0.4, -0.2) is 101 Å². The predicted octanol–water partition coefficient (Wildman–Crippen LogP) is -4.88. The summed E-state index contributed by atoms with van der Waals surface area (Å²) in [7, 11) is 0. The molecule has 2 rings (SSSR count). The monoisotopic (exact) mass is 429 g/mol. The number of anilines is 1.